The minimum absolute atomic E-state index is 0.00918. The predicted octanol–water partition coefficient (Wildman–Crippen LogP) is 4.22. The standard InChI is InChI=1S/C22H26FN3O3S/c1-5-25(6-2)18(27)12-17-13-30-22-24-14(4)19(21(28)29-7-3)20(26(17)22)15-8-10-16(23)11-9-15/h8-11,13,20H,5-7,12H2,1-4H3. The molecular weight excluding hydrogens is 405 g/mol. The van der Waals surface area contributed by atoms with Crippen molar-refractivity contribution in [3.63, 3.8) is 0 Å². The molecule has 1 atom stereocenters. The third-order valence-electron chi connectivity index (χ3n) is 5.13. The molecule has 30 heavy (non-hydrogen) atoms. The van der Waals surface area contributed by atoms with Gasteiger partial charge in [-0.1, -0.05) is 23.9 Å². The van der Waals surface area contributed by atoms with Crippen LogP contribution in [-0.2, 0) is 14.3 Å². The molecule has 0 bridgehead atoms. The molecule has 0 saturated heterocycles. The topological polar surface area (TPSA) is 62.2 Å². The first-order chi connectivity index (χ1) is 14.4. The highest BCUT2D eigenvalue weighted by molar-refractivity contribution is 8.16. The summed E-state index contributed by atoms with van der Waals surface area (Å²) in [6.45, 7) is 8.90. The SMILES string of the molecule is CCOC(=O)C1=C(C)N=C2SC=C(CC(=O)N(CC)CC)N2C1c1ccc(F)cc1. The molecule has 2 aliphatic heterocycles. The zero-order valence-electron chi connectivity index (χ0n) is 17.6. The zero-order valence-corrected chi connectivity index (χ0v) is 18.5. The van der Waals surface area contributed by atoms with E-state index in [9.17, 15) is 14.0 Å². The highest BCUT2D eigenvalue weighted by Crippen LogP contribution is 2.44. The summed E-state index contributed by atoms with van der Waals surface area (Å²) in [5.41, 5.74) is 2.45. The highest BCUT2D eigenvalue weighted by Gasteiger charge is 2.41. The van der Waals surface area contributed by atoms with Gasteiger partial charge in [0.15, 0.2) is 5.17 Å². The Morgan fingerprint density at radius 3 is 2.47 bits per heavy atom. The van der Waals surface area contributed by atoms with E-state index >= 15 is 0 Å². The van der Waals surface area contributed by atoms with E-state index in [4.69, 9.17) is 4.74 Å². The predicted molar refractivity (Wildman–Crippen MR) is 116 cm³/mol. The first-order valence-corrected chi connectivity index (χ1v) is 10.9. The van der Waals surface area contributed by atoms with Gasteiger partial charge in [0, 0.05) is 18.8 Å². The lowest BCUT2D eigenvalue weighted by molar-refractivity contribution is -0.139. The van der Waals surface area contributed by atoms with E-state index in [0.29, 0.717) is 29.5 Å². The zero-order chi connectivity index (χ0) is 21.8. The van der Waals surface area contributed by atoms with Crippen LogP contribution in [0.2, 0.25) is 0 Å². The van der Waals surface area contributed by atoms with Crippen molar-refractivity contribution < 1.29 is 18.7 Å². The van der Waals surface area contributed by atoms with Gasteiger partial charge < -0.3 is 14.5 Å². The maximum atomic E-state index is 13.6. The Bertz CT molecular complexity index is 920. The van der Waals surface area contributed by atoms with Gasteiger partial charge in [-0.15, -0.1) is 0 Å². The summed E-state index contributed by atoms with van der Waals surface area (Å²) in [6, 6.07) is 5.51. The molecule has 160 valence electrons. The van der Waals surface area contributed by atoms with E-state index in [0.717, 1.165) is 11.3 Å². The van der Waals surface area contributed by atoms with Gasteiger partial charge >= 0.3 is 5.97 Å². The number of amides is 1. The molecule has 0 saturated carbocycles. The molecule has 1 unspecified atom stereocenters. The smallest absolute Gasteiger partial charge is 0.338 e. The van der Waals surface area contributed by atoms with Gasteiger partial charge in [-0.05, 0) is 50.8 Å². The number of amidine groups is 1. The molecule has 0 fully saturated rings. The van der Waals surface area contributed by atoms with Crippen LogP contribution in [0.1, 0.15) is 45.7 Å². The number of ether oxygens (including phenoxy) is 1. The Balaban J connectivity index is 2.03. The van der Waals surface area contributed by atoms with Crippen molar-refractivity contribution >= 4 is 28.8 Å². The van der Waals surface area contributed by atoms with Gasteiger partial charge in [-0.3, -0.25) is 4.79 Å². The fraction of sp³-hybridized carbons (Fsp3) is 0.409. The van der Waals surface area contributed by atoms with E-state index in [2.05, 4.69) is 4.99 Å². The number of fused-ring (bicyclic) bond motifs is 1. The number of benzene rings is 1. The van der Waals surface area contributed by atoms with E-state index in [-0.39, 0.29) is 24.8 Å². The van der Waals surface area contributed by atoms with Crippen molar-refractivity contribution in [1.82, 2.24) is 9.80 Å². The molecule has 0 N–H and O–H groups in total. The van der Waals surface area contributed by atoms with Crippen LogP contribution >= 0.6 is 11.8 Å². The van der Waals surface area contributed by atoms with Crippen LogP contribution in [0.5, 0.6) is 0 Å². The minimum Gasteiger partial charge on any atom is -0.463 e. The average Bonchev–Trinajstić information content (AvgIpc) is 3.10. The summed E-state index contributed by atoms with van der Waals surface area (Å²) in [5.74, 6) is -0.807. The maximum absolute atomic E-state index is 13.6. The van der Waals surface area contributed by atoms with Crippen molar-refractivity contribution in [3.8, 4) is 0 Å². The number of nitrogens with zero attached hydrogens (tertiary/aromatic N) is 3. The third kappa shape index (κ3) is 4.28. The highest BCUT2D eigenvalue weighted by atomic mass is 32.2. The van der Waals surface area contributed by atoms with Gasteiger partial charge in [-0.25, -0.2) is 14.2 Å². The molecule has 6 nitrogen and oxygen atoms in total. The van der Waals surface area contributed by atoms with Crippen LogP contribution in [0, 0.1) is 5.82 Å². The number of carbonyl (C=O) groups excluding carboxylic acids is 2. The average molecular weight is 432 g/mol. The van der Waals surface area contributed by atoms with Crippen molar-refractivity contribution in [2.45, 2.75) is 40.2 Å². The van der Waals surface area contributed by atoms with Gasteiger partial charge in [0.25, 0.3) is 0 Å². The molecule has 1 aromatic rings. The van der Waals surface area contributed by atoms with E-state index in [1.165, 1.54) is 23.9 Å². The molecule has 3 rings (SSSR count). The maximum Gasteiger partial charge on any atom is 0.338 e. The van der Waals surface area contributed by atoms with Crippen molar-refractivity contribution in [2.75, 3.05) is 19.7 Å². The van der Waals surface area contributed by atoms with E-state index in [1.54, 1.807) is 30.9 Å². The Morgan fingerprint density at radius 2 is 1.87 bits per heavy atom. The number of esters is 1. The number of hydrogen-bond donors (Lipinski definition) is 0. The Labute approximate surface area is 180 Å². The molecule has 0 spiro atoms. The Morgan fingerprint density at radius 1 is 1.20 bits per heavy atom. The van der Waals surface area contributed by atoms with E-state index < -0.39 is 12.0 Å². The summed E-state index contributed by atoms with van der Waals surface area (Å²) in [7, 11) is 0. The van der Waals surface area contributed by atoms with Crippen LogP contribution in [0.4, 0.5) is 4.39 Å². The van der Waals surface area contributed by atoms with Crippen molar-refractivity contribution in [2.24, 2.45) is 4.99 Å². The lowest BCUT2D eigenvalue weighted by Gasteiger charge is -2.36. The number of thioether (sulfide) groups is 1. The van der Waals surface area contributed by atoms with Crippen LogP contribution in [0.3, 0.4) is 0 Å². The van der Waals surface area contributed by atoms with Crippen LogP contribution in [-0.4, -0.2) is 46.5 Å². The largest absolute Gasteiger partial charge is 0.463 e. The molecule has 1 amide bonds. The number of rotatable bonds is 7. The number of halogens is 1. The van der Waals surface area contributed by atoms with Gasteiger partial charge in [0.1, 0.15) is 5.82 Å². The Hall–Kier alpha value is -2.61. The van der Waals surface area contributed by atoms with Crippen LogP contribution in [0.15, 0.2) is 51.6 Å². The van der Waals surface area contributed by atoms with Gasteiger partial charge in [0.2, 0.25) is 5.91 Å². The summed E-state index contributed by atoms with van der Waals surface area (Å²) in [6.07, 6.45) is 0.195. The summed E-state index contributed by atoms with van der Waals surface area (Å²) >= 11 is 1.42. The molecule has 0 radical (unpaired) electrons. The lowest BCUT2D eigenvalue weighted by atomic mass is 9.94. The molecule has 2 aliphatic rings. The summed E-state index contributed by atoms with van der Waals surface area (Å²) in [5, 5.41) is 2.59. The second-order valence-corrected chi connectivity index (χ2v) is 7.74. The van der Waals surface area contributed by atoms with Gasteiger partial charge in [-0.2, -0.15) is 0 Å². The Kier molecular flexibility index (Phi) is 6.97. The second kappa shape index (κ2) is 9.47. The molecular formula is C22H26FN3O3S. The monoisotopic (exact) mass is 431 g/mol. The second-order valence-electron chi connectivity index (χ2n) is 6.91. The molecule has 8 heteroatoms. The lowest BCUT2D eigenvalue weighted by Crippen LogP contribution is -2.38. The molecule has 0 aromatic heterocycles. The number of aliphatic imine (C=N–C) groups is 1. The fourth-order valence-electron chi connectivity index (χ4n) is 3.64. The molecule has 2 heterocycles. The van der Waals surface area contributed by atoms with Crippen LogP contribution < -0.4 is 0 Å². The summed E-state index contributed by atoms with van der Waals surface area (Å²) in [4.78, 5) is 33.9. The van der Waals surface area contributed by atoms with E-state index in [1.807, 2.05) is 24.2 Å². The number of hydrogen-bond acceptors (Lipinski definition) is 6. The summed E-state index contributed by atoms with van der Waals surface area (Å²) < 4.78 is 18.9. The minimum atomic E-state index is -0.539. The first kappa shape index (κ1) is 22.1. The first-order valence-electron chi connectivity index (χ1n) is 10.1. The quantitative estimate of drug-likeness (QED) is 0.605. The molecule has 1 aromatic carbocycles. The normalized spacial score (nSPS) is 18.0. The van der Waals surface area contributed by atoms with Crippen LogP contribution in [0.25, 0.3) is 0 Å². The fourth-order valence-corrected chi connectivity index (χ4v) is 4.61. The molecule has 0 aliphatic carbocycles. The number of allylic oxidation sites excluding steroid dienone is 1. The van der Waals surface area contributed by atoms with Crippen molar-refractivity contribution in [1.29, 1.82) is 0 Å². The number of carbonyl (C=O) groups is 2. The van der Waals surface area contributed by atoms with Crippen molar-refractivity contribution in [3.05, 3.63) is 58.0 Å². The van der Waals surface area contributed by atoms with Gasteiger partial charge in [0.05, 0.1) is 30.3 Å². The third-order valence-corrected chi connectivity index (χ3v) is 6.02.